The lowest BCUT2D eigenvalue weighted by Crippen LogP contribution is -2.20. The molecule has 2 heterocycles. The number of rotatable bonds is 1. The van der Waals surface area contributed by atoms with Crippen LogP contribution in [0.3, 0.4) is 0 Å². The van der Waals surface area contributed by atoms with Crippen molar-refractivity contribution < 1.29 is 8.42 Å². The van der Waals surface area contributed by atoms with Crippen molar-refractivity contribution in [2.45, 2.75) is 31.1 Å². The summed E-state index contributed by atoms with van der Waals surface area (Å²) >= 11 is 0. The zero-order valence-corrected chi connectivity index (χ0v) is 9.50. The van der Waals surface area contributed by atoms with Gasteiger partial charge in [-0.2, -0.15) is 10.4 Å². The van der Waals surface area contributed by atoms with Crippen molar-refractivity contribution in [3.8, 4) is 6.07 Å². The predicted molar refractivity (Wildman–Crippen MR) is 56.4 cm³/mol. The van der Waals surface area contributed by atoms with E-state index >= 15 is 0 Å². The molecule has 0 amide bonds. The van der Waals surface area contributed by atoms with E-state index in [1.165, 1.54) is 0 Å². The van der Waals surface area contributed by atoms with Crippen molar-refractivity contribution in [1.29, 1.82) is 5.26 Å². The Kier molecular flexibility index (Phi) is 1.89. The van der Waals surface area contributed by atoms with Crippen LogP contribution >= 0.6 is 0 Å². The fourth-order valence-corrected chi connectivity index (χ4v) is 3.57. The van der Waals surface area contributed by atoms with Gasteiger partial charge in [0.1, 0.15) is 6.07 Å². The molecular formula is C10H11N3O2S. The number of hydrogen-bond donors (Lipinski definition) is 0. The van der Waals surface area contributed by atoms with Gasteiger partial charge in [-0.3, -0.25) is 4.68 Å². The molecule has 1 aliphatic heterocycles. The first-order chi connectivity index (χ1) is 7.61. The first-order valence-corrected chi connectivity index (χ1v) is 7.13. The third kappa shape index (κ3) is 1.43. The van der Waals surface area contributed by atoms with Gasteiger partial charge in [0.15, 0.2) is 15.5 Å². The number of sulfone groups is 1. The Morgan fingerprint density at radius 1 is 1.44 bits per heavy atom. The molecule has 16 heavy (non-hydrogen) atoms. The van der Waals surface area contributed by atoms with Gasteiger partial charge >= 0.3 is 0 Å². The minimum Gasteiger partial charge on any atom is -0.265 e. The molecule has 2 aliphatic rings. The third-order valence-corrected chi connectivity index (χ3v) is 4.69. The van der Waals surface area contributed by atoms with Crippen LogP contribution in [0.4, 0.5) is 0 Å². The number of nitrogens with zero attached hydrogens (tertiary/aromatic N) is 3. The highest BCUT2D eigenvalue weighted by molar-refractivity contribution is 7.90. The quantitative estimate of drug-likeness (QED) is 0.715. The van der Waals surface area contributed by atoms with Crippen LogP contribution < -0.4 is 0 Å². The molecule has 0 N–H and O–H groups in total. The molecule has 1 fully saturated rings. The van der Waals surface area contributed by atoms with E-state index in [9.17, 15) is 8.42 Å². The van der Waals surface area contributed by atoms with E-state index in [4.69, 9.17) is 5.26 Å². The summed E-state index contributed by atoms with van der Waals surface area (Å²) in [4.78, 5) is 0. The molecule has 0 aromatic carbocycles. The van der Waals surface area contributed by atoms with E-state index in [-0.39, 0.29) is 11.5 Å². The lowest BCUT2D eigenvalue weighted by Gasteiger charge is -2.14. The van der Waals surface area contributed by atoms with Gasteiger partial charge in [0.25, 0.3) is 0 Å². The topological polar surface area (TPSA) is 75.8 Å². The van der Waals surface area contributed by atoms with Gasteiger partial charge in [0.05, 0.1) is 17.5 Å². The maximum atomic E-state index is 11.5. The Hall–Kier alpha value is -1.35. The largest absolute Gasteiger partial charge is 0.265 e. The molecule has 1 aromatic heterocycles. The van der Waals surface area contributed by atoms with Crippen molar-refractivity contribution in [2.24, 2.45) is 0 Å². The molecule has 0 unspecified atom stereocenters. The van der Waals surface area contributed by atoms with Crippen LogP contribution in [-0.4, -0.2) is 24.0 Å². The SMILES string of the molecule is N#Cc1nn(C2CC2)c2c1CS(=O)(=O)CC2. The first kappa shape index (κ1) is 9.85. The monoisotopic (exact) mass is 237 g/mol. The number of fused-ring (bicyclic) bond motifs is 1. The highest BCUT2D eigenvalue weighted by Gasteiger charge is 2.34. The molecule has 0 radical (unpaired) electrons. The van der Waals surface area contributed by atoms with Gasteiger partial charge in [-0.15, -0.1) is 0 Å². The molecule has 6 heteroatoms. The second kappa shape index (κ2) is 3.08. The van der Waals surface area contributed by atoms with Crippen molar-refractivity contribution in [1.82, 2.24) is 9.78 Å². The summed E-state index contributed by atoms with van der Waals surface area (Å²) < 4.78 is 24.9. The molecule has 1 aliphatic carbocycles. The van der Waals surface area contributed by atoms with Gasteiger partial charge in [-0.05, 0) is 12.8 Å². The van der Waals surface area contributed by atoms with Crippen molar-refractivity contribution in [3.63, 3.8) is 0 Å². The summed E-state index contributed by atoms with van der Waals surface area (Å²) in [6.45, 7) is 0. The average molecular weight is 237 g/mol. The summed E-state index contributed by atoms with van der Waals surface area (Å²) in [5.41, 5.74) is 1.90. The summed E-state index contributed by atoms with van der Waals surface area (Å²) in [7, 11) is -3.03. The Balaban J connectivity index is 2.15. The van der Waals surface area contributed by atoms with Gasteiger partial charge in [0.2, 0.25) is 0 Å². The van der Waals surface area contributed by atoms with Gasteiger partial charge in [0, 0.05) is 17.7 Å². The number of hydrogen-bond acceptors (Lipinski definition) is 4. The van der Waals surface area contributed by atoms with Gasteiger partial charge in [-0.1, -0.05) is 0 Å². The Morgan fingerprint density at radius 3 is 2.81 bits per heavy atom. The van der Waals surface area contributed by atoms with E-state index in [0.29, 0.717) is 23.7 Å². The van der Waals surface area contributed by atoms with Crippen molar-refractivity contribution >= 4 is 9.84 Å². The minimum atomic E-state index is -3.03. The molecule has 1 saturated carbocycles. The first-order valence-electron chi connectivity index (χ1n) is 5.31. The van der Waals surface area contributed by atoms with Crippen LogP contribution in [0.15, 0.2) is 0 Å². The van der Waals surface area contributed by atoms with Crippen molar-refractivity contribution in [2.75, 3.05) is 5.75 Å². The standard InChI is InChI=1S/C10H11N3O2S/c11-5-9-8-6-16(14,15)4-3-10(8)13(12-9)7-1-2-7/h7H,1-4,6H2. The highest BCUT2D eigenvalue weighted by Crippen LogP contribution is 2.38. The molecule has 5 nitrogen and oxygen atoms in total. The van der Waals surface area contributed by atoms with E-state index in [2.05, 4.69) is 5.10 Å². The second-order valence-corrected chi connectivity index (χ2v) is 6.59. The highest BCUT2D eigenvalue weighted by atomic mass is 32.2. The van der Waals surface area contributed by atoms with Crippen LogP contribution in [0.1, 0.15) is 35.8 Å². The summed E-state index contributed by atoms with van der Waals surface area (Å²) in [5, 5.41) is 13.2. The van der Waals surface area contributed by atoms with Crippen LogP contribution in [0.25, 0.3) is 0 Å². The fourth-order valence-electron chi connectivity index (χ4n) is 2.18. The maximum absolute atomic E-state index is 11.5. The lowest BCUT2D eigenvalue weighted by atomic mass is 10.1. The summed E-state index contributed by atoms with van der Waals surface area (Å²) in [6, 6.07) is 2.40. The number of aromatic nitrogens is 2. The molecule has 0 bridgehead atoms. The van der Waals surface area contributed by atoms with Crippen LogP contribution in [0, 0.1) is 11.3 Å². The van der Waals surface area contributed by atoms with Crippen molar-refractivity contribution in [3.05, 3.63) is 17.0 Å². The number of nitriles is 1. The fraction of sp³-hybridized carbons (Fsp3) is 0.600. The zero-order valence-electron chi connectivity index (χ0n) is 8.68. The van der Waals surface area contributed by atoms with Crippen LogP contribution in [-0.2, 0) is 22.0 Å². The van der Waals surface area contributed by atoms with Crippen LogP contribution in [0.5, 0.6) is 0 Å². The Bertz CT molecular complexity index is 590. The second-order valence-electron chi connectivity index (χ2n) is 4.40. The zero-order chi connectivity index (χ0) is 11.3. The molecule has 3 rings (SSSR count). The predicted octanol–water partition coefficient (Wildman–Crippen LogP) is 0.561. The lowest BCUT2D eigenvalue weighted by molar-refractivity contribution is 0.579. The smallest absolute Gasteiger partial charge is 0.166 e. The van der Waals surface area contributed by atoms with Crippen LogP contribution in [0.2, 0.25) is 0 Å². The molecule has 84 valence electrons. The van der Waals surface area contributed by atoms with E-state index in [0.717, 1.165) is 18.5 Å². The van der Waals surface area contributed by atoms with E-state index < -0.39 is 9.84 Å². The van der Waals surface area contributed by atoms with Gasteiger partial charge < -0.3 is 0 Å². The third-order valence-electron chi connectivity index (χ3n) is 3.13. The molecule has 0 saturated heterocycles. The van der Waals surface area contributed by atoms with E-state index in [1.807, 2.05) is 10.8 Å². The molecule has 0 atom stereocenters. The molecule has 0 spiro atoms. The normalized spacial score (nSPS) is 22.4. The maximum Gasteiger partial charge on any atom is 0.166 e. The average Bonchev–Trinajstić information content (AvgIpc) is 3.00. The molecule has 1 aromatic rings. The Morgan fingerprint density at radius 2 is 2.19 bits per heavy atom. The minimum absolute atomic E-state index is 0.0159. The van der Waals surface area contributed by atoms with Gasteiger partial charge in [-0.25, -0.2) is 8.42 Å². The van der Waals surface area contributed by atoms with E-state index in [1.54, 1.807) is 0 Å². The Labute approximate surface area is 93.6 Å². The summed E-state index contributed by atoms with van der Waals surface area (Å²) in [5.74, 6) is 0.168. The molecular weight excluding hydrogens is 226 g/mol. The summed E-state index contributed by atoms with van der Waals surface area (Å²) in [6.07, 6.45) is 2.68.